The Morgan fingerprint density at radius 1 is 1.12 bits per heavy atom. The number of hydrogen-bond acceptors (Lipinski definition) is 3. The topological polar surface area (TPSA) is 57.2 Å². The fraction of sp³-hybridized carbons (Fsp3) is 0.680. The molecule has 3 rings (SSSR count). The maximum Gasteiger partial charge on any atom is 0.244 e. The van der Waals surface area contributed by atoms with E-state index in [1.807, 2.05) is 4.90 Å². The van der Waals surface area contributed by atoms with Gasteiger partial charge in [-0.15, -0.1) is 24.0 Å². The van der Waals surface area contributed by atoms with Crippen molar-refractivity contribution in [1.29, 1.82) is 0 Å². The number of likely N-dealkylation sites (tertiary alicyclic amines) is 1. The number of guanidine groups is 1. The maximum atomic E-state index is 12.8. The van der Waals surface area contributed by atoms with Crippen LogP contribution in [-0.4, -0.2) is 74.7 Å². The Hall–Kier alpha value is -1.35. The van der Waals surface area contributed by atoms with E-state index in [9.17, 15) is 4.79 Å². The molecule has 0 radical (unpaired) electrons. The fourth-order valence-corrected chi connectivity index (χ4v) is 4.56. The molecule has 32 heavy (non-hydrogen) atoms. The quantitative estimate of drug-likeness (QED) is 0.301. The number of benzene rings is 1. The van der Waals surface area contributed by atoms with E-state index in [0.717, 1.165) is 89.8 Å². The molecule has 6 nitrogen and oxygen atoms in total. The van der Waals surface area contributed by atoms with Gasteiger partial charge in [0.15, 0.2) is 5.96 Å². The second kappa shape index (κ2) is 14.7. The van der Waals surface area contributed by atoms with Crippen LogP contribution in [0, 0.1) is 11.8 Å². The van der Waals surface area contributed by atoms with Crippen LogP contribution in [0.1, 0.15) is 44.6 Å². The third kappa shape index (κ3) is 8.89. The minimum absolute atomic E-state index is 0. The first kappa shape index (κ1) is 26.9. The summed E-state index contributed by atoms with van der Waals surface area (Å²) in [4.78, 5) is 21.6. The highest BCUT2D eigenvalue weighted by atomic mass is 127. The van der Waals surface area contributed by atoms with Gasteiger partial charge < -0.3 is 19.9 Å². The zero-order valence-corrected chi connectivity index (χ0v) is 22.1. The van der Waals surface area contributed by atoms with Gasteiger partial charge in [-0.1, -0.05) is 30.3 Å². The van der Waals surface area contributed by atoms with Crippen LogP contribution >= 0.6 is 24.0 Å². The molecule has 7 heteroatoms. The summed E-state index contributed by atoms with van der Waals surface area (Å²) in [7, 11) is 2.07. The summed E-state index contributed by atoms with van der Waals surface area (Å²) in [6.45, 7) is 7.53. The number of halogens is 1. The standard InChI is InChI=1S/C25H40N4O2.HI/c1-3-26-25(28(2)14-9-21-12-17-31-18-13-21)27-20-24(30)29-15-10-23(11-16-29)19-22-7-5-4-6-8-22;/h4-8,21,23H,3,9-20H2,1-2H3,(H,26,27);1H. The van der Waals surface area contributed by atoms with E-state index in [1.54, 1.807) is 0 Å². The van der Waals surface area contributed by atoms with Crippen LogP contribution in [-0.2, 0) is 16.0 Å². The average Bonchev–Trinajstić information content (AvgIpc) is 2.82. The van der Waals surface area contributed by atoms with Gasteiger partial charge in [0.2, 0.25) is 5.91 Å². The van der Waals surface area contributed by atoms with Gasteiger partial charge in [-0.25, -0.2) is 4.99 Å². The summed E-state index contributed by atoms with van der Waals surface area (Å²) >= 11 is 0. The number of amides is 1. The van der Waals surface area contributed by atoms with Crippen molar-refractivity contribution < 1.29 is 9.53 Å². The van der Waals surface area contributed by atoms with E-state index in [1.165, 1.54) is 5.56 Å². The molecule has 0 bridgehead atoms. The number of carbonyl (C=O) groups is 1. The minimum atomic E-state index is 0. The monoisotopic (exact) mass is 556 g/mol. The lowest BCUT2D eigenvalue weighted by atomic mass is 9.90. The molecule has 1 N–H and O–H groups in total. The van der Waals surface area contributed by atoms with Crippen LogP contribution in [0.3, 0.4) is 0 Å². The van der Waals surface area contributed by atoms with Crippen LogP contribution in [0.2, 0.25) is 0 Å². The highest BCUT2D eigenvalue weighted by Gasteiger charge is 2.23. The zero-order chi connectivity index (χ0) is 21.9. The van der Waals surface area contributed by atoms with Gasteiger partial charge in [-0.3, -0.25) is 4.79 Å². The summed E-state index contributed by atoms with van der Waals surface area (Å²) in [5.41, 5.74) is 1.40. The molecule has 0 spiro atoms. The summed E-state index contributed by atoms with van der Waals surface area (Å²) in [5.74, 6) is 2.38. The Balaban J connectivity index is 0.00000363. The van der Waals surface area contributed by atoms with Crippen molar-refractivity contribution in [2.24, 2.45) is 16.8 Å². The summed E-state index contributed by atoms with van der Waals surface area (Å²) in [5, 5.41) is 3.34. The predicted octanol–water partition coefficient (Wildman–Crippen LogP) is 3.80. The van der Waals surface area contributed by atoms with E-state index in [2.05, 4.69) is 59.5 Å². The van der Waals surface area contributed by atoms with Crippen molar-refractivity contribution in [3.63, 3.8) is 0 Å². The van der Waals surface area contributed by atoms with Crippen LogP contribution in [0.5, 0.6) is 0 Å². The van der Waals surface area contributed by atoms with Crippen molar-refractivity contribution >= 4 is 35.8 Å². The molecule has 0 atom stereocenters. The first-order chi connectivity index (χ1) is 15.2. The van der Waals surface area contributed by atoms with Gasteiger partial charge in [0.1, 0.15) is 6.54 Å². The van der Waals surface area contributed by atoms with Gasteiger partial charge in [0.05, 0.1) is 0 Å². The molecular formula is C25H41IN4O2. The van der Waals surface area contributed by atoms with E-state index in [4.69, 9.17) is 4.74 Å². The van der Waals surface area contributed by atoms with E-state index >= 15 is 0 Å². The second-order valence-electron chi connectivity index (χ2n) is 8.95. The molecule has 1 aromatic carbocycles. The lowest BCUT2D eigenvalue weighted by Crippen LogP contribution is -2.43. The zero-order valence-electron chi connectivity index (χ0n) is 19.8. The van der Waals surface area contributed by atoms with Crippen LogP contribution in [0.15, 0.2) is 35.3 Å². The molecule has 2 saturated heterocycles. The highest BCUT2D eigenvalue weighted by molar-refractivity contribution is 14.0. The van der Waals surface area contributed by atoms with Gasteiger partial charge >= 0.3 is 0 Å². The Morgan fingerprint density at radius 2 is 1.81 bits per heavy atom. The Labute approximate surface area is 211 Å². The van der Waals surface area contributed by atoms with Gasteiger partial charge in [-0.2, -0.15) is 0 Å². The molecule has 2 fully saturated rings. The van der Waals surface area contributed by atoms with Crippen molar-refractivity contribution in [3.8, 4) is 0 Å². The molecule has 1 aromatic rings. The van der Waals surface area contributed by atoms with Crippen LogP contribution < -0.4 is 5.32 Å². The Morgan fingerprint density at radius 3 is 2.47 bits per heavy atom. The average molecular weight is 557 g/mol. The third-order valence-electron chi connectivity index (χ3n) is 6.61. The summed E-state index contributed by atoms with van der Waals surface area (Å²) in [6, 6.07) is 10.7. The largest absolute Gasteiger partial charge is 0.381 e. The maximum absolute atomic E-state index is 12.8. The number of rotatable bonds is 8. The normalized spacial score (nSPS) is 18.2. The molecule has 1 amide bonds. The third-order valence-corrected chi connectivity index (χ3v) is 6.61. The first-order valence-corrected chi connectivity index (χ1v) is 12.0. The molecule has 2 heterocycles. The SMILES string of the molecule is CCNC(=NCC(=O)N1CCC(Cc2ccccc2)CC1)N(C)CCC1CCOCC1.I. The van der Waals surface area contributed by atoms with Gasteiger partial charge in [0, 0.05) is 46.4 Å². The van der Waals surface area contributed by atoms with Crippen molar-refractivity contribution in [2.45, 2.75) is 45.4 Å². The van der Waals surface area contributed by atoms with Crippen molar-refractivity contribution in [3.05, 3.63) is 35.9 Å². The van der Waals surface area contributed by atoms with E-state index in [-0.39, 0.29) is 36.4 Å². The Kier molecular flexibility index (Phi) is 12.4. The van der Waals surface area contributed by atoms with Gasteiger partial charge in [-0.05, 0) is 62.8 Å². The Bertz CT molecular complexity index is 686. The van der Waals surface area contributed by atoms with Crippen molar-refractivity contribution in [1.82, 2.24) is 15.1 Å². The molecule has 0 unspecified atom stereocenters. The number of aliphatic imine (C=N–C) groups is 1. The van der Waals surface area contributed by atoms with E-state index in [0.29, 0.717) is 5.92 Å². The molecule has 0 aliphatic carbocycles. The fourth-order valence-electron chi connectivity index (χ4n) is 4.56. The molecular weight excluding hydrogens is 515 g/mol. The number of nitrogens with zero attached hydrogens (tertiary/aromatic N) is 3. The van der Waals surface area contributed by atoms with E-state index < -0.39 is 0 Å². The summed E-state index contributed by atoms with van der Waals surface area (Å²) in [6.07, 6.45) is 6.72. The molecule has 0 saturated carbocycles. The number of hydrogen-bond donors (Lipinski definition) is 1. The van der Waals surface area contributed by atoms with Crippen LogP contribution in [0.25, 0.3) is 0 Å². The number of carbonyl (C=O) groups excluding carboxylic acids is 1. The number of ether oxygens (including phenoxy) is 1. The number of nitrogens with one attached hydrogen (secondary N) is 1. The molecule has 2 aliphatic rings. The number of piperidine rings is 1. The van der Waals surface area contributed by atoms with Crippen LogP contribution in [0.4, 0.5) is 0 Å². The highest BCUT2D eigenvalue weighted by Crippen LogP contribution is 2.22. The van der Waals surface area contributed by atoms with Crippen molar-refractivity contribution in [2.75, 3.05) is 53.0 Å². The molecule has 0 aromatic heterocycles. The molecule has 2 aliphatic heterocycles. The van der Waals surface area contributed by atoms with Gasteiger partial charge in [0.25, 0.3) is 0 Å². The minimum Gasteiger partial charge on any atom is -0.381 e. The summed E-state index contributed by atoms with van der Waals surface area (Å²) < 4.78 is 5.46. The lowest BCUT2D eigenvalue weighted by molar-refractivity contribution is -0.131. The lowest BCUT2D eigenvalue weighted by Gasteiger charge is -2.32. The predicted molar refractivity (Wildman–Crippen MR) is 142 cm³/mol. The smallest absolute Gasteiger partial charge is 0.244 e. The first-order valence-electron chi connectivity index (χ1n) is 12.0. The second-order valence-corrected chi connectivity index (χ2v) is 8.95. The molecule has 180 valence electrons.